The molecule has 5 heteroatoms. The molecule has 0 N–H and O–H groups in total. The second-order valence-electron chi connectivity index (χ2n) is 5.99. The second-order valence-corrected chi connectivity index (χ2v) is 6.84. The lowest BCUT2D eigenvalue weighted by Gasteiger charge is -2.19. The van der Waals surface area contributed by atoms with Gasteiger partial charge in [-0.05, 0) is 49.3 Å². The predicted octanol–water partition coefficient (Wildman–Crippen LogP) is 3.53. The first kappa shape index (κ1) is 12.7. The van der Waals surface area contributed by atoms with Gasteiger partial charge < -0.3 is 0 Å². The van der Waals surface area contributed by atoms with Gasteiger partial charge in [-0.1, -0.05) is 23.2 Å². The van der Waals surface area contributed by atoms with E-state index in [1.807, 2.05) is 0 Å². The molecule has 2 aliphatic carbocycles. The fraction of sp³-hybridized carbons (Fsp3) is 0.467. The lowest BCUT2D eigenvalue weighted by Crippen LogP contribution is -2.33. The summed E-state index contributed by atoms with van der Waals surface area (Å²) in [5, 5.41) is 0.869. The summed E-state index contributed by atoms with van der Waals surface area (Å²) in [5.41, 5.74) is 0.433. The normalized spacial score (nSPS) is 35.0. The van der Waals surface area contributed by atoms with Crippen LogP contribution in [-0.2, 0) is 9.59 Å². The molecule has 2 bridgehead atoms. The van der Waals surface area contributed by atoms with E-state index in [0.29, 0.717) is 27.6 Å². The van der Waals surface area contributed by atoms with Crippen molar-refractivity contribution in [3.8, 4) is 0 Å². The molecule has 4 rings (SSSR count). The minimum atomic E-state index is -0.128. The van der Waals surface area contributed by atoms with Crippen LogP contribution in [-0.4, -0.2) is 11.8 Å². The first-order valence-corrected chi connectivity index (χ1v) is 7.66. The number of carbonyl (C=O) groups excluding carboxylic acids is 2. The van der Waals surface area contributed by atoms with Crippen LogP contribution in [0.5, 0.6) is 0 Å². The highest BCUT2D eigenvalue weighted by Gasteiger charge is 2.61. The lowest BCUT2D eigenvalue weighted by molar-refractivity contribution is -0.123. The molecule has 3 fully saturated rings. The number of benzene rings is 1. The van der Waals surface area contributed by atoms with E-state index >= 15 is 0 Å². The topological polar surface area (TPSA) is 37.4 Å². The van der Waals surface area contributed by atoms with Crippen LogP contribution in [0.15, 0.2) is 18.2 Å². The number of nitrogens with zero attached hydrogens (tertiary/aromatic N) is 1. The zero-order valence-corrected chi connectivity index (χ0v) is 12.2. The van der Waals surface area contributed by atoms with Crippen LogP contribution in [0.25, 0.3) is 0 Å². The van der Waals surface area contributed by atoms with Crippen molar-refractivity contribution in [1.29, 1.82) is 0 Å². The number of fused-ring (bicyclic) bond motifs is 5. The summed E-state index contributed by atoms with van der Waals surface area (Å²) in [6, 6.07) is 4.88. The Morgan fingerprint density at radius 1 is 1.00 bits per heavy atom. The molecule has 3 nitrogen and oxygen atoms in total. The van der Waals surface area contributed by atoms with Gasteiger partial charge in [0.25, 0.3) is 0 Å². The van der Waals surface area contributed by atoms with E-state index in [1.54, 1.807) is 18.2 Å². The van der Waals surface area contributed by atoms with E-state index in [1.165, 1.54) is 4.90 Å². The molecule has 2 saturated carbocycles. The van der Waals surface area contributed by atoms with Gasteiger partial charge in [0.2, 0.25) is 11.8 Å². The predicted molar refractivity (Wildman–Crippen MR) is 76.8 cm³/mol. The number of hydrogen-bond donors (Lipinski definition) is 0. The largest absolute Gasteiger partial charge is 0.274 e. The molecule has 2 amide bonds. The van der Waals surface area contributed by atoms with E-state index < -0.39 is 0 Å². The van der Waals surface area contributed by atoms with Crippen molar-refractivity contribution in [3.63, 3.8) is 0 Å². The summed E-state index contributed by atoms with van der Waals surface area (Å²) < 4.78 is 0. The highest BCUT2D eigenvalue weighted by atomic mass is 35.5. The molecule has 3 aliphatic rings. The summed E-state index contributed by atoms with van der Waals surface area (Å²) in [6.45, 7) is 0. The number of amides is 2. The number of carbonyl (C=O) groups is 2. The van der Waals surface area contributed by atoms with E-state index in [9.17, 15) is 9.59 Å². The maximum absolute atomic E-state index is 12.7. The van der Waals surface area contributed by atoms with Gasteiger partial charge in [0.1, 0.15) is 0 Å². The molecule has 1 aromatic rings. The Morgan fingerprint density at radius 3 is 2.20 bits per heavy atom. The molecule has 20 heavy (non-hydrogen) atoms. The van der Waals surface area contributed by atoms with Crippen molar-refractivity contribution in [2.75, 3.05) is 4.90 Å². The van der Waals surface area contributed by atoms with Crippen LogP contribution in [0.3, 0.4) is 0 Å². The number of anilines is 1. The quantitative estimate of drug-likeness (QED) is 0.744. The summed E-state index contributed by atoms with van der Waals surface area (Å²) >= 11 is 12.1. The van der Waals surface area contributed by atoms with Crippen LogP contribution >= 0.6 is 23.2 Å². The van der Waals surface area contributed by atoms with Crippen LogP contribution in [0.1, 0.15) is 19.3 Å². The van der Waals surface area contributed by atoms with E-state index in [-0.39, 0.29) is 23.7 Å². The number of imide groups is 1. The van der Waals surface area contributed by atoms with E-state index in [0.717, 1.165) is 19.3 Å². The zero-order chi connectivity index (χ0) is 14.0. The van der Waals surface area contributed by atoms with Crippen LogP contribution < -0.4 is 4.90 Å². The number of halogens is 2. The van der Waals surface area contributed by atoms with Crippen LogP contribution in [0, 0.1) is 23.7 Å². The molecule has 1 saturated heterocycles. The second kappa shape index (κ2) is 4.22. The van der Waals surface area contributed by atoms with E-state index in [4.69, 9.17) is 23.2 Å². The van der Waals surface area contributed by atoms with Crippen molar-refractivity contribution in [2.45, 2.75) is 19.3 Å². The Bertz CT molecular complexity index is 602. The third-order valence-corrected chi connectivity index (χ3v) is 5.63. The molecule has 104 valence electrons. The minimum absolute atomic E-state index is 0.0867. The summed E-state index contributed by atoms with van der Waals surface area (Å²) in [4.78, 5) is 26.6. The first-order chi connectivity index (χ1) is 9.58. The summed E-state index contributed by atoms with van der Waals surface area (Å²) in [7, 11) is 0. The molecule has 4 atom stereocenters. The van der Waals surface area contributed by atoms with Gasteiger partial charge in [-0.2, -0.15) is 0 Å². The third kappa shape index (κ3) is 1.54. The fourth-order valence-electron chi connectivity index (χ4n) is 4.30. The molecule has 0 unspecified atom stereocenters. The standard InChI is InChI=1S/C15H13Cl2NO2/c16-9-3-4-10(17)11(6-9)18-14(19)12-7-1-2-8(5-7)13(12)15(18)20/h3-4,6-8,12-13H,1-2,5H2/t7-,8-,12+,13+/m0/s1. The van der Waals surface area contributed by atoms with Gasteiger partial charge in [-0.25, -0.2) is 4.90 Å². The Hall–Kier alpha value is -1.06. The molecule has 0 spiro atoms. The van der Waals surface area contributed by atoms with Crippen molar-refractivity contribution in [3.05, 3.63) is 28.2 Å². The fourth-order valence-corrected chi connectivity index (χ4v) is 4.67. The van der Waals surface area contributed by atoms with Crippen LogP contribution in [0.4, 0.5) is 5.69 Å². The average molecular weight is 310 g/mol. The molecule has 0 radical (unpaired) electrons. The van der Waals surface area contributed by atoms with Gasteiger partial charge in [0, 0.05) is 5.02 Å². The highest BCUT2D eigenvalue weighted by molar-refractivity contribution is 6.37. The molecule has 0 aromatic heterocycles. The molecule has 1 heterocycles. The smallest absolute Gasteiger partial charge is 0.238 e. The molecule has 1 aliphatic heterocycles. The minimum Gasteiger partial charge on any atom is -0.274 e. The Kier molecular flexibility index (Phi) is 2.67. The maximum Gasteiger partial charge on any atom is 0.238 e. The van der Waals surface area contributed by atoms with Crippen molar-refractivity contribution < 1.29 is 9.59 Å². The SMILES string of the molecule is O=C1[C@@H]2[C@H]3CC[C@@H](C3)[C@H]2C(=O)N1c1cc(Cl)ccc1Cl. The van der Waals surface area contributed by atoms with Gasteiger partial charge in [0.05, 0.1) is 22.5 Å². The Morgan fingerprint density at radius 2 is 1.60 bits per heavy atom. The van der Waals surface area contributed by atoms with Gasteiger partial charge >= 0.3 is 0 Å². The number of hydrogen-bond acceptors (Lipinski definition) is 2. The average Bonchev–Trinajstić information content (AvgIpc) is 3.08. The zero-order valence-electron chi connectivity index (χ0n) is 10.7. The molecular weight excluding hydrogens is 297 g/mol. The van der Waals surface area contributed by atoms with Crippen molar-refractivity contribution in [2.24, 2.45) is 23.7 Å². The molecule has 1 aromatic carbocycles. The highest BCUT2D eigenvalue weighted by Crippen LogP contribution is 2.57. The van der Waals surface area contributed by atoms with Gasteiger partial charge in [0.15, 0.2) is 0 Å². The Labute approximate surface area is 126 Å². The Balaban J connectivity index is 1.79. The summed E-state index contributed by atoms with van der Waals surface area (Å²) in [6.07, 6.45) is 3.17. The first-order valence-electron chi connectivity index (χ1n) is 6.91. The van der Waals surface area contributed by atoms with Gasteiger partial charge in [-0.15, -0.1) is 0 Å². The van der Waals surface area contributed by atoms with Crippen molar-refractivity contribution >= 4 is 40.7 Å². The van der Waals surface area contributed by atoms with Gasteiger partial charge in [-0.3, -0.25) is 9.59 Å². The maximum atomic E-state index is 12.7. The van der Waals surface area contributed by atoms with E-state index in [2.05, 4.69) is 0 Å². The monoisotopic (exact) mass is 309 g/mol. The number of rotatable bonds is 1. The van der Waals surface area contributed by atoms with Crippen LogP contribution in [0.2, 0.25) is 10.0 Å². The third-order valence-electron chi connectivity index (χ3n) is 5.08. The lowest BCUT2D eigenvalue weighted by atomic mass is 9.81. The summed E-state index contributed by atoms with van der Waals surface area (Å²) in [5.74, 6) is 0.328. The van der Waals surface area contributed by atoms with Crippen molar-refractivity contribution in [1.82, 2.24) is 0 Å². The molecular formula is C15H13Cl2NO2.